The van der Waals surface area contributed by atoms with Gasteiger partial charge >= 0.3 is 5.97 Å². The summed E-state index contributed by atoms with van der Waals surface area (Å²) in [6.07, 6.45) is 3.35. The Bertz CT molecular complexity index is 1560. The quantitative estimate of drug-likeness (QED) is 0.285. The molecule has 3 aromatic carbocycles. The van der Waals surface area contributed by atoms with Crippen LogP contribution >= 0.6 is 11.6 Å². The number of pyridine rings is 1. The number of anilines is 1. The summed E-state index contributed by atoms with van der Waals surface area (Å²) >= 11 is 6.57. The van der Waals surface area contributed by atoms with Gasteiger partial charge in [0, 0.05) is 34.0 Å². The number of hydrogen-bond acceptors (Lipinski definition) is 4. The van der Waals surface area contributed by atoms with Gasteiger partial charge in [-0.3, -0.25) is 14.6 Å². The Morgan fingerprint density at radius 1 is 1.03 bits per heavy atom. The molecule has 0 atom stereocenters. The molecule has 7 heteroatoms. The summed E-state index contributed by atoms with van der Waals surface area (Å²) in [4.78, 5) is 28.5. The van der Waals surface area contributed by atoms with Gasteiger partial charge in [0.2, 0.25) is 0 Å². The maximum absolute atomic E-state index is 12.8. The number of fused-ring (bicyclic) bond motifs is 1. The highest BCUT2D eigenvalue weighted by Gasteiger charge is 2.26. The van der Waals surface area contributed by atoms with Crippen LogP contribution in [0.15, 0.2) is 72.9 Å². The molecule has 0 saturated carbocycles. The molecule has 0 radical (unpaired) electrons. The fourth-order valence-corrected chi connectivity index (χ4v) is 4.55. The zero-order valence-electron chi connectivity index (χ0n) is 19.2. The molecule has 0 spiro atoms. The summed E-state index contributed by atoms with van der Waals surface area (Å²) in [5.74, 6) is -1.02. The average molecular weight is 497 g/mol. The van der Waals surface area contributed by atoms with Crippen molar-refractivity contribution in [1.29, 1.82) is 0 Å². The molecular formula is C29H21ClN2O4. The number of phenols is 1. The van der Waals surface area contributed by atoms with E-state index >= 15 is 0 Å². The van der Waals surface area contributed by atoms with Crippen LogP contribution in [-0.2, 0) is 16.0 Å². The summed E-state index contributed by atoms with van der Waals surface area (Å²) in [5.41, 5.74) is 6.82. The number of aryl methyl sites for hydroxylation is 1. The number of carboxylic acids is 1. The van der Waals surface area contributed by atoms with Gasteiger partial charge in [0.15, 0.2) is 0 Å². The molecule has 1 aromatic heterocycles. The van der Waals surface area contributed by atoms with Gasteiger partial charge in [-0.25, -0.2) is 0 Å². The number of rotatable bonds is 5. The van der Waals surface area contributed by atoms with Crippen LogP contribution in [0, 0.1) is 6.92 Å². The number of nitrogens with zero attached hydrogens (tertiary/aromatic N) is 1. The summed E-state index contributed by atoms with van der Waals surface area (Å²) in [6, 6.07) is 19.7. The lowest BCUT2D eigenvalue weighted by Crippen LogP contribution is -2.04. The number of aromatic hydroxyl groups is 1. The van der Waals surface area contributed by atoms with Crippen molar-refractivity contribution in [3.63, 3.8) is 0 Å². The minimum atomic E-state index is -0.909. The number of hydrogen-bond donors (Lipinski definition) is 3. The topological polar surface area (TPSA) is 99.5 Å². The number of aromatic nitrogens is 1. The third kappa shape index (κ3) is 4.46. The number of benzene rings is 3. The van der Waals surface area contributed by atoms with E-state index in [1.165, 1.54) is 0 Å². The van der Waals surface area contributed by atoms with Gasteiger partial charge in [0.1, 0.15) is 5.75 Å². The first-order valence-electron chi connectivity index (χ1n) is 11.2. The van der Waals surface area contributed by atoms with Gasteiger partial charge in [-0.1, -0.05) is 48.0 Å². The third-order valence-electron chi connectivity index (χ3n) is 6.17. The average Bonchev–Trinajstić information content (AvgIpc) is 3.14. The second-order valence-electron chi connectivity index (χ2n) is 8.60. The Labute approximate surface area is 212 Å². The minimum absolute atomic E-state index is 0.0882. The van der Waals surface area contributed by atoms with E-state index in [1.54, 1.807) is 42.6 Å². The van der Waals surface area contributed by atoms with Gasteiger partial charge in [0.25, 0.3) is 5.91 Å². The van der Waals surface area contributed by atoms with Crippen molar-refractivity contribution in [3.05, 3.63) is 100 Å². The molecule has 0 saturated heterocycles. The van der Waals surface area contributed by atoms with E-state index in [2.05, 4.69) is 10.3 Å². The summed E-state index contributed by atoms with van der Waals surface area (Å²) < 4.78 is 0. The van der Waals surface area contributed by atoms with Crippen LogP contribution in [0.4, 0.5) is 5.69 Å². The predicted octanol–water partition coefficient (Wildman–Crippen LogP) is 6.20. The van der Waals surface area contributed by atoms with E-state index in [9.17, 15) is 19.8 Å². The summed E-state index contributed by atoms with van der Waals surface area (Å²) in [7, 11) is 0. The van der Waals surface area contributed by atoms with Crippen molar-refractivity contribution in [3.8, 4) is 28.1 Å². The van der Waals surface area contributed by atoms with Gasteiger partial charge in [-0.15, -0.1) is 0 Å². The van der Waals surface area contributed by atoms with E-state index in [0.717, 1.165) is 16.7 Å². The number of aliphatic carboxylic acids is 1. The molecule has 0 fully saturated rings. The molecule has 178 valence electrons. The van der Waals surface area contributed by atoms with E-state index < -0.39 is 5.97 Å². The van der Waals surface area contributed by atoms with E-state index in [1.807, 2.05) is 43.3 Å². The molecular weight excluding hydrogens is 476 g/mol. The van der Waals surface area contributed by atoms with E-state index in [-0.39, 0.29) is 18.1 Å². The second-order valence-corrected chi connectivity index (χ2v) is 9.00. The lowest BCUT2D eigenvalue weighted by molar-refractivity contribution is -0.136. The maximum Gasteiger partial charge on any atom is 0.307 e. The molecule has 0 bridgehead atoms. The molecule has 1 aliphatic heterocycles. The van der Waals surface area contributed by atoms with E-state index in [4.69, 9.17) is 11.6 Å². The van der Waals surface area contributed by atoms with Crippen LogP contribution in [0.1, 0.15) is 22.3 Å². The van der Waals surface area contributed by atoms with Crippen LogP contribution in [0.3, 0.4) is 0 Å². The fraction of sp³-hybridized carbons (Fsp3) is 0.0690. The lowest BCUT2D eigenvalue weighted by Gasteiger charge is -2.10. The summed E-state index contributed by atoms with van der Waals surface area (Å²) in [6.45, 7) is 1.86. The summed E-state index contributed by atoms with van der Waals surface area (Å²) in [5, 5.41) is 22.6. The van der Waals surface area contributed by atoms with Crippen molar-refractivity contribution in [2.75, 3.05) is 5.32 Å². The van der Waals surface area contributed by atoms with Crippen LogP contribution in [-0.4, -0.2) is 27.1 Å². The van der Waals surface area contributed by atoms with Crippen LogP contribution in [0.25, 0.3) is 34.0 Å². The standard InChI is InChI=1S/C29H21ClN2O4/c1-16-6-7-17(10-19(16)12-28(34)35)11-23-22-13-21(24(30)14-26(22)32-29(23)36)18-8-9-25(31-15-18)20-4-2-3-5-27(20)33/h2-11,13-15,33H,12H2,1H3,(H,32,36)(H,34,35)/b23-11-. The lowest BCUT2D eigenvalue weighted by atomic mass is 9.97. The van der Waals surface area contributed by atoms with Crippen molar-refractivity contribution < 1.29 is 19.8 Å². The number of halogens is 1. The normalized spacial score (nSPS) is 13.5. The Balaban J connectivity index is 1.53. The number of phenolic OH excluding ortho intramolecular Hbond substituents is 1. The largest absolute Gasteiger partial charge is 0.507 e. The number of carboxylic acid groups (broad SMARTS) is 1. The molecule has 36 heavy (non-hydrogen) atoms. The fourth-order valence-electron chi connectivity index (χ4n) is 4.28. The van der Waals surface area contributed by atoms with Crippen molar-refractivity contribution in [2.45, 2.75) is 13.3 Å². The Kier molecular flexibility index (Phi) is 6.04. The number of nitrogens with one attached hydrogen (secondary N) is 1. The van der Waals surface area contributed by atoms with Crippen molar-refractivity contribution in [1.82, 2.24) is 4.98 Å². The number of amides is 1. The van der Waals surface area contributed by atoms with Crippen molar-refractivity contribution in [2.24, 2.45) is 0 Å². The van der Waals surface area contributed by atoms with Crippen LogP contribution in [0.2, 0.25) is 5.02 Å². The predicted molar refractivity (Wildman–Crippen MR) is 141 cm³/mol. The Hall–Kier alpha value is -4.42. The molecule has 5 rings (SSSR count). The monoisotopic (exact) mass is 496 g/mol. The Morgan fingerprint density at radius 3 is 2.56 bits per heavy atom. The van der Waals surface area contributed by atoms with Gasteiger partial charge in [-0.05, 0) is 60.0 Å². The molecule has 6 nitrogen and oxygen atoms in total. The molecule has 1 amide bonds. The van der Waals surface area contributed by atoms with Gasteiger partial charge in [0.05, 0.1) is 22.8 Å². The number of carbonyl (C=O) groups is 2. The highest BCUT2D eigenvalue weighted by Crippen LogP contribution is 2.41. The minimum Gasteiger partial charge on any atom is -0.507 e. The SMILES string of the molecule is Cc1ccc(/C=C2\C(=O)Nc3cc(Cl)c(-c4ccc(-c5ccccc5O)nc4)cc32)cc1CC(=O)O. The highest BCUT2D eigenvalue weighted by molar-refractivity contribution is 6.38. The van der Waals surface area contributed by atoms with Crippen LogP contribution in [0.5, 0.6) is 5.75 Å². The van der Waals surface area contributed by atoms with Crippen molar-refractivity contribution >= 4 is 40.8 Å². The highest BCUT2D eigenvalue weighted by atomic mass is 35.5. The number of para-hydroxylation sites is 1. The van der Waals surface area contributed by atoms with Gasteiger partial charge in [-0.2, -0.15) is 0 Å². The number of carbonyl (C=O) groups excluding carboxylic acids is 1. The smallest absolute Gasteiger partial charge is 0.307 e. The first-order chi connectivity index (χ1) is 17.3. The third-order valence-corrected chi connectivity index (χ3v) is 6.48. The molecule has 0 unspecified atom stereocenters. The Morgan fingerprint density at radius 2 is 1.83 bits per heavy atom. The molecule has 0 aliphatic carbocycles. The van der Waals surface area contributed by atoms with Gasteiger partial charge < -0.3 is 15.5 Å². The molecule has 1 aliphatic rings. The van der Waals surface area contributed by atoms with E-state index in [0.29, 0.717) is 44.2 Å². The first kappa shape index (κ1) is 23.3. The maximum atomic E-state index is 12.8. The molecule has 2 heterocycles. The zero-order chi connectivity index (χ0) is 25.4. The molecule has 4 aromatic rings. The van der Waals surface area contributed by atoms with Crippen LogP contribution < -0.4 is 5.32 Å². The first-order valence-corrected chi connectivity index (χ1v) is 11.6. The second kappa shape index (κ2) is 9.32. The zero-order valence-corrected chi connectivity index (χ0v) is 20.0. The molecule has 3 N–H and O–H groups in total.